The molecule has 0 atom stereocenters. The van der Waals surface area contributed by atoms with Gasteiger partial charge in [-0.25, -0.2) is 4.39 Å². The number of ether oxygens (including phenoxy) is 1. The minimum atomic E-state index is -0.375. The third-order valence-corrected chi connectivity index (χ3v) is 7.82. The number of hydrogen-bond acceptors (Lipinski definition) is 6. The number of benzene rings is 1. The van der Waals surface area contributed by atoms with E-state index in [1.165, 1.54) is 6.07 Å². The molecule has 0 aliphatic carbocycles. The van der Waals surface area contributed by atoms with E-state index in [9.17, 15) is 9.59 Å². The van der Waals surface area contributed by atoms with Gasteiger partial charge >= 0.3 is 0 Å². The lowest BCUT2D eigenvalue weighted by Gasteiger charge is -2.29. The fourth-order valence-electron chi connectivity index (χ4n) is 5.63. The summed E-state index contributed by atoms with van der Waals surface area (Å²) in [7, 11) is 0. The number of carbonyl (C=O) groups is 2. The molecule has 0 unspecified atom stereocenters. The molecule has 8 nitrogen and oxygen atoms in total. The van der Waals surface area contributed by atoms with Crippen LogP contribution in [0, 0.1) is 5.82 Å². The van der Waals surface area contributed by atoms with Crippen LogP contribution >= 0.6 is 0 Å². The van der Waals surface area contributed by atoms with Crippen LogP contribution in [0.3, 0.4) is 0 Å². The molecule has 39 heavy (non-hydrogen) atoms. The zero-order chi connectivity index (χ0) is 27.1. The van der Waals surface area contributed by atoms with E-state index in [0.29, 0.717) is 67.2 Å². The molecule has 1 fully saturated rings. The minimum Gasteiger partial charge on any atom is -0.381 e. The summed E-state index contributed by atoms with van der Waals surface area (Å²) in [4.78, 5) is 35.0. The highest BCUT2D eigenvalue weighted by atomic mass is 19.1. The maximum atomic E-state index is 15.6. The van der Waals surface area contributed by atoms with Gasteiger partial charge in [-0.15, -0.1) is 0 Å². The van der Waals surface area contributed by atoms with Gasteiger partial charge in [0.1, 0.15) is 17.2 Å². The van der Waals surface area contributed by atoms with Gasteiger partial charge < -0.3 is 9.64 Å². The van der Waals surface area contributed by atoms with Crippen molar-refractivity contribution in [3.05, 3.63) is 65.5 Å². The highest BCUT2D eigenvalue weighted by Crippen LogP contribution is 2.39. The number of pyridine rings is 2. The Balaban J connectivity index is 1.46. The monoisotopic (exact) mass is 527 g/mol. The van der Waals surface area contributed by atoms with Crippen molar-refractivity contribution in [3.63, 3.8) is 0 Å². The number of fused-ring (bicyclic) bond motifs is 2. The molecule has 1 saturated heterocycles. The number of hydrogen-bond donors (Lipinski definition) is 0. The van der Waals surface area contributed by atoms with Crippen LogP contribution in [0.1, 0.15) is 60.9 Å². The van der Waals surface area contributed by atoms with Crippen molar-refractivity contribution in [2.24, 2.45) is 0 Å². The molecule has 5 heterocycles. The fourth-order valence-corrected chi connectivity index (χ4v) is 5.63. The molecular formula is C30H30FN5O3. The summed E-state index contributed by atoms with van der Waals surface area (Å²) in [6, 6.07) is 8.83. The molecule has 2 aliphatic rings. The van der Waals surface area contributed by atoms with E-state index in [2.05, 4.69) is 14.6 Å². The zero-order valence-corrected chi connectivity index (χ0v) is 22.1. The third kappa shape index (κ3) is 4.61. The van der Waals surface area contributed by atoms with Gasteiger partial charge in [0.25, 0.3) is 0 Å². The van der Waals surface area contributed by atoms with Gasteiger partial charge in [0.15, 0.2) is 5.78 Å². The second-order valence-corrected chi connectivity index (χ2v) is 10.2. The van der Waals surface area contributed by atoms with Gasteiger partial charge in [-0.1, -0.05) is 13.0 Å². The number of Topliss-reactive ketones (excluding diaryl/α,β-unsaturated/α-hetero) is 1. The van der Waals surface area contributed by atoms with Crippen molar-refractivity contribution in [3.8, 4) is 22.5 Å². The van der Waals surface area contributed by atoms with Gasteiger partial charge in [0, 0.05) is 86.2 Å². The average Bonchev–Trinajstić information content (AvgIpc) is 3.35. The van der Waals surface area contributed by atoms with E-state index < -0.39 is 0 Å². The molecule has 0 spiro atoms. The predicted molar refractivity (Wildman–Crippen MR) is 145 cm³/mol. The Morgan fingerprint density at radius 2 is 1.92 bits per heavy atom. The number of carbonyl (C=O) groups excluding carboxylic acids is 2. The van der Waals surface area contributed by atoms with Gasteiger partial charge in [-0.2, -0.15) is 5.10 Å². The summed E-state index contributed by atoms with van der Waals surface area (Å²) in [6.07, 6.45) is 6.10. The van der Waals surface area contributed by atoms with Crippen LogP contribution in [0.5, 0.6) is 0 Å². The van der Waals surface area contributed by atoms with Gasteiger partial charge in [-0.3, -0.25) is 24.2 Å². The second-order valence-electron chi connectivity index (χ2n) is 10.2. The molecule has 4 aromatic rings. The SMILES string of the molecule is CCC(=O)c1ccc(-c2cc3ccc(F)c(-c4nn(C5CCOCC5)c5c4CN(C(C)=O)CC5)c3cn2)cn1. The fraction of sp³-hybridized carbons (Fsp3) is 0.367. The van der Waals surface area contributed by atoms with E-state index in [1.807, 2.05) is 12.1 Å². The van der Waals surface area contributed by atoms with E-state index in [-0.39, 0.29) is 23.5 Å². The molecular weight excluding hydrogens is 497 g/mol. The first-order chi connectivity index (χ1) is 18.9. The Morgan fingerprint density at radius 3 is 2.64 bits per heavy atom. The molecule has 9 heteroatoms. The highest BCUT2D eigenvalue weighted by Gasteiger charge is 2.31. The molecule has 2 aliphatic heterocycles. The lowest BCUT2D eigenvalue weighted by molar-refractivity contribution is -0.129. The van der Waals surface area contributed by atoms with Gasteiger partial charge in [0.2, 0.25) is 5.91 Å². The number of nitrogens with zero attached hydrogens (tertiary/aromatic N) is 5. The summed E-state index contributed by atoms with van der Waals surface area (Å²) in [5.41, 5.74) is 4.83. The van der Waals surface area contributed by atoms with Crippen LogP contribution in [-0.2, 0) is 22.5 Å². The maximum absolute atomic E-state index is 15.6. The maximum Gasteiger partial charge on any atom is 0.219 e. The van der Waals surface area contributed by atoms with Crippen molar-refractivity contribution in [2.45, 2.75) is 52.1 Å². The number of halogens is 1. The average molecular weight is 528 g/mol. The minimum absolute atomic E-state index is 0.00428. The Morgan fingerprint density at radius 1 is 1.10 bits per heavy atom. The highest BCUT2D eigenvalue weighted by molar-refractivity contribution is 5.98. The van der Waals surface area contributed by atoms with Gasteiger partial charge in [0.05, 0.1) is 11.7 Å². The van der Waals surface area contributed by atoms with Crippen LogP contribution < -0.4 is 0 Å². The van der Waals surface area contributed by atoms with Crippen molar-refractivity contribution >= 4 is 22.5 Å². The molecule has 200 valence electrons. The first-order valence-corrected chi connectivity index (χ1v) is 13.5. The Kier molecular flexibility index (Phi) is 6.68. The third-order valence-electron chi connectivity index (χ3n) is 7.82. The number of aromatic nitrogens is 4. The standard InChI is InChI=1S/C30H30FN5O3/c1-3-28(38)25-7-5-20(15-32-25)26-14-19-4-6-24(31)29(22(19)16-33-26)30-23-17-35(18(2)37)11-8-27(23)36(34-30)21-9-12-39-13-10-21/h4-7,14-16,21H,3,8-13,17H2,1-2H3. The first-order valence-electron chi connectivity index (χ1n) is 13.5. The second kappa shape index (κ2) is 10.3. The summed E-state index contributed by atoms with van der Waals surface area (Å²) in [5, 5.41) is 6.49. The predicted octanol–water partition coefficient (Wildman–Crippen LogP) is 5.15. The van der Waals surface area contributed by atoms with E-state index in [0.717, 1.165) is 35.0 Å². The smallest absolute Gasteiger partial charge is 0.219 e. The molecule has 6 rings (SSSR count). The van der Waals surface area contributed by atoms with Crippen LogP contribution in [0.15, 0.2) is 42.7 Å². The summed E-state index contributed by atoms with van der Waals surface area (Å²) in [5.74, 6) is -0.393. The summed E-state index contributed by atoms with van der Waals surface area (Å²) < 4.78 is 23.3. The van der Waals surface area contributed by atoms with Crippen molar-refractivity contribution in [2.75, 3.05) is 19.8 Å². The molecule has 0 N–H and O–H groups in total. The summed E-state index contributed by atoms with van der Waals surface area (Å²) >= 11 is 0. The molecule has 1 amide bonds. The Hall–Kier alpha value is -3.98. The molecule has 0 bridgehead atoms. The lowest BCUT2D eigenvalue weighted by atomic mass is 9.96. The van der Waals surface area contributed by atoms with Crippen molar-refractivity contribution in [1.29, 1.82) is 0 Å². The van der Waals surface area contributed by atoms with Crippen LogP contribution in [-0.4, -0.2) is 56.1 Å². The lowest BCUT2D eigenvalue weighted by Crippen LogP contribution is -2.35. The topological polar surface area (TPSA) is 90.2 Å². The molecule has 1 aromatic carbocycles. The van der Waals surface area contributed by atoms with E-state index in [1.54, 1.807) is 43.3 Å². The number of ketones is 1. The van der Waals surface area contributed by atoms with Crippen LogP contribution in [0.2, 0.25) is 0 Å². The number of rotatable bonds is 5. The van der Waals surface area contributed by atoms with E-state index in [4.69, 9.17) is 9.84 Å². The summed E-state index contributed by atoms with van der Waals surface area (Å²) in [6.45, 7) is 5.74. The largest absolute Gasteiger partial charge is 0.381 e. The first kappa shape index (κ1) is 25.3. The molecule has 0 saturated carbocycles. The van der Waals surface area contributed by atoms with Crippen molar-refractivity contribution in [1.82, 2.24) is 24.6 Å². The molecule has 0 radical (unpaired) electrons. The Bertz CT molecular complexity index is 1570. The zero-order valence-electron chi connectivity index (χ0n) is 22.1. The number of amides is 1. The van der Waals surface area contributed by atoms with Crippen molar-refractivity contribution < 1.29 is 18.7 Å². The van der Waals surface area contributed by atoms with E-state index >= 15 is 4.39 Å². The van der Waals surface area contributed by atoms with Crippen LogP contribution in [0.4, 0.5) is 4.39 Å². The van der Waals surface area contributed by atoms with Crippen LogP contribution in [0.25, 0.3) is 33.3 Å². The quantitative estimate of drug-likeness (QED) is 0.334. The Labute approximate surface area is 225 Å². The normalized spacial score (nSPS) is 15.9. The molecule has 3 aromatic heterocycles. The van der Waals surface area contributed by atoms with Gasteiger partial charge in [-0.05, 0) is 42.5 Å².